The predicted molar refractivity (Wildman–Crippen MR) is 61.5 cm³/mol. The van der Waals surface area contributed by atoms with Crippen LogP contribution < -0.4 is 16.4 Å². The zero-order valence-electron chi connectivity index (χ0n) is 8.81. The van der Waals surface area contributed by atoms with Crippen LogP contribution in [-0.2, 0) is 9.59 Å². The number of carbonyl (C=O) groups excluding carboxylic acids is 1. The van der Waals surface area contributed by atoms with E-state index >= 15 is 0 Å². The van der Waals surface area contributed by atoms with Crippen LogP contribution in [0.1, 0.15) is 0 Å². The molecule has 1 aromatic carbocycles. The molecule has 1 heterocycles. The summed E-state index contributed by atoms with van der Waals surface area (Å²) in [6.45, 7) is 0. The average molecular weight is 249 g/mol. The molecule has 2 rings (SSSR count). The van der Waals surface area contributed by atoms with Crippen LogP contribution in [0.2, 0.25) is 0 Å². The van der Waals surface area contributed by atoms with Crippen LogP contribution in [-0.4, -0.2) is 27.2 Å². The van der Waals surface area contributed by atoms with E-state index in [1.54, 1.807) is 0 Å². The van der Waals surface area contributed by atoms with Crippen molar-refractivity contribution in [3.63, 3.8) is 0 Å². The van der Waals surface area contributed by atoms with Gasteiger partial charge >= 0.3 is 11.9 Å². The average Bonchev–Trinajstić information content (AvgIpc) is 2.34. The molecule has 0 aliphatic carbocycles. The van der Waals surface area contributed by atoms with Gasteiger partial charge in [0, 0.05) is 0 Å². The number of H-pyrrole nitrogens is 2. The van der Waals surface area contributed by atoms with Crippen LogP contribution >= 0.6 is 0 Å². The number of aromatic nitrogens is 2. The van der Waals surface area contributed by atoms with Crippen molar-refractivity contribution in [2.45, 2.75) is 0 Å². The number of benzene rings is 1. The van der Waals surface area contributed by atoms with E-state index in [0.717, 1.165) is 0 Å². The summed E-state index contributed by atoms with van der Waals surface area (Å²) >= 11 is 0. The number of carboxylic acid groups (broad SMARTS) is 1. The summed E-state index contributed by atoms with van der Waals surface area (Å²) in [4.78, 5) is 44.5. The van der Waals surface area contributed by atoms with E-state index in [1.807, 2.05) is 5.32 Å². The van der Waals surface area contributed by atoms with Gasteiger partial charge in [-0.25, -0.2) is 4.79 Å². The normalized spacial score (nSPS) is 10.2. The van der Waals surface area contributed by atoms with Crippen LogP contribution in [0.15, 0.2) is 27.8 Å². The number of nitrogens with one attached hydrogen (secondary N) is 3. The standard InChI is InChI=1S/C10H7N3O5/c14-7-4-2-1-3-5(11-9(16)10(17)18)6(4)8(15)13-12-7/h1-3H,(H,11,16)(H,12,14)(H,13,15)(H,17,18). The summed E-state index contributed by atoms with van der Waals surface area (Å²) in [5, 5.41) is 14.7. The van der Waals surface area contributed by atoms with Crippen LogP contribution in [0.25, 0.3) is 10.8 Å². The maximum atomic E-state index is 11.6. The monoisotopic (exact) mass is 249 g/mol. The fraction of sp³-hybridized carbons (Fsp3) is 0. The van der Waals surface area contributed by atoms with Crippen LogP contribution in [0.3, 0.4) is 0 Å². The largest absolute Gasteiger partial charge is 0.474 e. The Kier molecular flexibility index (Phi) is 2.68. The second kappa shape index (κ2) is 4.17. The van der Waals surface area contributed by atoms with Gasteiger partial charge in [-0.1, -0.05) is 6.07 Å². The highest BCUT2D eigenvalue weighted by Gasteiger charge is 2.15. The molecule has 0 atom stereocenters. The molecule has 0 fully saturated rings. The molecular formula is C10H7N3O5. The molecule has 4 N–H and O–H groups in total. The lowest BCUT2D eigenvalue weighted by Gasteiger charge is -2.04. The topological polar surface area (TPSA) is 132 Å². The fourth-order valence-electron chi connectivity index (χ4n) is 1.51. The van der Waals surface area contributed by atoms with E-state index in [2.05, 4.69) is 10.2 Å². The van der Waals surface area contributed by atoms with E-state index in [4.69, 9.17) is 5.11 Å². The van der Waals surface area contributed by atoms with Gasteiger partial charge < -0.3 is 10.4 Å². The number of carboxylic acids is 1. The zero-order valence-corrected chi connectivity index (χ0v) is 8.81. The van der Waals surface area contributed by atoms with E-state index in [9.17, 15) is 19.2 Å². The molecule has 0 saturated heterocycles. The minimum atomic E-state index is -1.69. The Morgan fingerprint density at radius 2 is 1.78 bits per heavy atom. The van der Waals surface area contributed by atoms with Crippen molar-refractivity contribution in [2.24, 2.45) is 0 Å². The molecule has 0 aliphatic heterocycles. The third-order valence-electron chi connectivity index (χ3n) is 2.27. The third-order valence-corrected chi connectivity index (χ3v) is 2.27. The van der Waals surface area contributed by atoms with Gasteiger partial charge in [0.05, 0.1) is 16.5 Å². The number of rotatable bonds is 1. The van der Waals surface area contributed by atoms with Gasteiger partial charge in [-0.05, 0) is 12.1 Å². The van der Waals surface area contributed by atoms with Crippen LogP contribution in [0, 0.1) is 0 Å². The third kappa shape index (κ3) is 1.86. The summed E-state index contributed by atoms with van der Waals surface area (Å²) in [6.07, 6.45) is 0. The number of hydrogen-bond donors (Lipinski definition) is 4. The lowest BCUT2D eigenvalue weighted by molar-refractivity contribution is -0.147. The SMILES string of the molecule is O=C(O)C(=O)Nc1cccc2c(=O)[nH][nH]c(=O)c12. The Labute approximate surface area is 98.2 Å². The van der Waals surface area contributed by atoms with E-state index in [1.165, 1.54) is 18.2 Å². The molecule has 92 valence electrons. The Bertz CT molecular complexity index is 758. The quantitative estimate of drug-likeness (QED) is 0.493. The number of fused-ring (bicyclic) bond motifs is 1. The maximum Gasteiger partial charge on any atom is 0.394 e. The maximum absolute atomic E-state index is 11.6. The summed E-state index contributed by atoms with van der Waals surface area (Å²) < 4.78 is 0. The lowest BCUT2D eigenvalue weighted by Crippen LogP contribution is -2.25. The van der Waals surface area contributed by atoms with E-state index in [-0.39, 0.29) is 16.5 Å². The molecule has 0 bridgehead atoms. The first-order valence-corrected chi connectivity index (χ1v) is 4.78. The van der Waals surface area contributed by atoms with Crippen molar-refractivity contribution < 1.29 is 14.7 Å². The molecule has 0 radical (unpaired) electrons. The summed E-state index contributed by atoms with van der Waals surface area (Å²) in [7, 11) is 0. The smallest absolute Gasteiger partial charge is 0.394 e. The van der Waals surface area contributed by atoms with Gasteiger partial charge in [0.2, 0.25) is 0 Å². The Morgan fingerprint density at radius 3 is 2.44 bits per heavy atom. The van der Waals surface area contributed by atoms with Crippen molar-refractivity contribution in [3.05, 3.63) is 38.9 Å². The first-order chi connectivity index (χ1) is 8.50. The number of hydrogen-bond acceptors (Lipinski definition) is 4. The van der Waals surface area contributed by atoms with Crippen molar-refractivity contribution in [2.75, 3.05) is 5.32 Å². The summed E-state index contributed by atoms with van der Waals surface area (Å²) in [5.74, 6) is -2.98. The molecule has 0 unspecified atom stereocenters. The predicted octanol–water partition coefficient (Wildman–Crippen LogP) is -0.761. The summed E-state index contributed by atoms with van der Waals surface area (Å²) in [6, 6.07) is 4.15. The van der Waals surface area contributed by atoms with Gasteiger partial charge in [0.15, 0.2) is 0 Å². The molecule has 8 heteroatoms. The Balaban J connectivity index is 2.69. The van der Waals surface area contributed by atoms with E-state index in [0.29, 0.717) is 0 Å². The highest BCUT2D eigenvalue weighted by atomic mass is 16.4. The van der Waals surface area contributed by atoms with Crippen molar-refractivity contribution >= 4 is 28.3 Å². The molecule has 0 aliphatic rings. The second-order valence-electron chi connectivity index (χ2n) is 3.40. The Hall–Kier alpha value is -2.90. The molecular weight excluding hydrogens is 242 g/mol. The highest BCUT2D eigenvalue weighted by molar-refractivity contribution is 6.37. The first kappa shape index (κ1) is 11.6. The minimum Gasteiger partial charge on any atom is -0.474 e. The second-order valence-corrected chi connectivity index (χ2v) is 3.40. The van der Waals surface area contributed by atoms with Gasteiger partial charge in [-0.2, -0.15) is 0 Å². The molecule has 0 spiro atoms. The number of anilines is 1. The molecule has 18 heavy (non-hydrogen) atoms. The molecule has 1 aromatic heterocycles. The number of carbonyl (C=O) groups is 2. The van der Waals surface area contributed by atoms with Crippen molar-refractivity contribution in [1.29, 1.82) is 0 Å². The lowest BCUT2D eigenvalue weighted by atomic mass is 10.1. The number of aliphatic carboxylic acids is 1. The number of aromatic amines is 2. The van der Waals surface area contributed by atoms with Crippen LogP contribution in [0.4, 0.5) is 5.69 Å². The molecule has 0 saturated carbocycles. The minimum absolute atomic E-state index is 0.0350. The van der Waals surface area contributed by atoms with Crippen molar-refractivity contribution in [1.82, 2.24) is 10.2 Å². The van der Waals surface area contributed by atoms with E-state index < -0.39 is 23.0 Å². The number of amides is 1. The Morgan fingerprint density at radius 1 is 1.11 bits per heavy atom. The first-order valence-electron chi connectivity index (χ1n) is 4.78. The zero-order chi connectivity index (χ0) is 13.3. The van der Waals surface area contributed by atoms with Gasteiger partial charge in [-0.15, -0.1) is 0 Å². The molecule has 1 amide bonds. The molecule has 2 aromatic rings. The summed E-state index contributed by atoms with van der Waals surface area (Å²) in [5.41, 5.74) is -1.21. The molecule has 8 nitrogen and oxygen atoms in total. The van der Waals surface area contributed by atoms with Gasteiger partial charge in [0.25, 0.3) is 11.1 Å². The highest BCUT2D eigenvalue weighted by Crippen LogP contribution is 2.16. The van der Waals surface area contributed by atoms with Gasteiger partial charge in [0.1, 0.15) is 0 Å². The fourth-order valence-corrected chi connectivity index (χ4v) is 1.51. The van der Waals surface area contributed by atoms with Crippen molar-refractivity contribution in [3.8, 4) is 0 Å². The van der Waals surface area contributed by atoms with Gasteiger partial charge in [-0.3, -0.25) is 24.6 Å². The van der Waals surface area contributed by atoms with Crippen LogP contribution in [0.5, 0.6) is 0 Å².